The van der Waals surface area contributed by atoms with Gasteiger partial charge in [0, 0.05) is 14.6 Å². The average molecular weight is 399 g/mol. The quantitative estimate of drug-likeness (QED) is 0.748. The Morgan fingerprint density at radius 2 is 1.70 bits per heavy atom. The highest BCUT2D eigenvalue weighted by atomic mass is 79.9. The van der Waals surface area contributed by atoms with Crippen molar-refractivity contribution < 1.29 is 5.11 Å². The van der Waals surface area contributed by atoms with E-state index in [0.717, 1.165) is 26.6 Å². The van der Waals surface area contributed by atoms with E-state index in [9.17, 15) is 5.11 Å². The van der Waals surface area contributed by atoms with Crippen LogP contribution in [-0.4, -0.2) is 11.7 Å². The Labute approximate surface area is 136 Å². The lowest BCUT2D eigenvalue weighted by molar-refractivity contribution is 0.207. The van der Waals surface area contributed by atoms with Gasteiger partial charge in [0.15, 0.2) is 0 Å². The fraction of sp³-hybridized carbons (Fsp3) is 0.250. The molecule has 0 aliphatic carbocycles. The van der Waals surface area contributed by atoms with E-state index in [4.69, 9.17) is 0 Å². The number of hydrogen-bond acceptors (Lipinski definition) is 2. The third-order valence-corrected chi connectivity index (χ3v) is 4.74. The maximum absolute atomic E-state index is 9.96. The van der Waals surface area contributed by atoms with Crippen LogP contribution < -0.4 is 5.32 Å². The summed E-state index contributed by atoms with van der Waals surface area (Å²) in [6, 6.07) is 16.0. The van der Waals surface area contributed by atoms with Crippen LogP contribution >= 0.6 is 31.9 Å². The Morgan fingerprint density at radius 3 is 2.25 bits per heavy atom. The normalized spacial score (nSPS) is 13.8. The Balaban J connectivity index is 2.39. The average Bonchev–Trinajstić information content (AvgIpc) is 2.48. The summed E-state index contributed by atoms with van der Waals surface area (Å²) in [5.74, 6) is 0. The maximum atomic E-state index is 9.96. The monoisotopic (exact) mass is 397 g/mol. The topological polar surface area (TPSA) is 32.3 Å². The van der Waals surface area contributed by atoms with Gasteiger partial charge in [-0.15, -0.1) is 0 Å². The first kappa shape index (κ1) is 15.5. The Hall–Kier alpha value is -0.840. The summed E-state index contributed by atoms with van der Waals surface area (Å²) >= 11 is 6.98. The molecule has 2 aromatic rings. The van der Waals surface area contributed by atoms with Crippen molar-refractivity contribution in [3.63, 3.8) is 0 Å². The van der Waals surface area contributed by atoms with E-state index in [1.165, 1.54) is 0 Å². The lowest BCUT2D eigenvalue weighted by atomic mass is 9.87. The van der Waals surface area contributed by atoms with Crippen molar-refractivity contribution in [3.05, 3.63) is 63.0 Å². The second kappa shape index (κ2) is 6.74. The van der Waals surface area contributed by atoms with E-state index < -0.39 is 5.54 Å². The highest BCUT2D eigenvalue weighted by Gasteiger charge is 2.29. The first-order chi connectivity index (χ1) is 9.61. The molecule has 2 nitrogen and oxygen atoms in total. The minimum absolute atomic E-state index is 0.0342. The molecule has 2 rings (SSSR count). The summed E-state index contributed by atoms with van der Waals surface area (Å²) in [6.07, 6.45) is 0.784. The zero-order valence-corrected chi connectivity index (χ0v) is 14.4. The van der Waals surface area contributed by atoms with Gasteiger partial charge in [-0.05, 0) is 52.2 Å². The van der Waals surface area contributed by atoms with Crippen LogP contribution in [-0.2, 0) is 5.54 Å². The van der Waals surface area contributed by atoms with E-state index in [2.05, 4.69) is 44.1 Å². The molecule has 4 heteroatoms. The third-order valence-electron chi connectivity index (χ3n) is 3.52. The zero-order valence-electron chi connectivity index (χ0n) is 11.2. The van der Waals surface area contributed by atoms with Crippen molar-refractivity contribution in [3.8, 4) is 0 Å². The van der Waals surface area contributed by atoms with Crippen molar-refractivity contribution in [1.82, 2.24) is 0 Å². The maximum Gasteiger partial charge on any atom is 0.0854 e. The number of benzene rings is 2. The predicted octanol–water partition coefficient (Wildman–Crippen LogP) is 4.92. The van der Waals surface area contributed by atoms with Gasteiger partial charge in [-0.3, -0.25) is 0 Å². The highest BCUT2D eigenvalue weighted by Crippen LogP contribution is 2.33. The molecule has 0 aliphatic heterocycles. The van der Waals surface area contributed by atoms with Crippen LogP contribution in [0.15, 0.2) is 57.5 Å². The molecule has 0 bridgehead atoms. The van der Waals surface area contributed by atoms with Gasteiger partial charge in [0.2, 0.25) is 0 Å². The van der Waals surface area contributed by atoms with Crippen LogP contribution in [0.5, 0.6) is 0 Å². The smallest absolute Gasteiger partial charge is 0.0854 e. The number of halogens is 2. The molecule has 0 spiro atoms. The van der Waals surface area contributed by atoms with E-state index >= 15 is 0 Å². The number of para-hydroxylation sites is 1. The molecule has 0 aliphatic rings. The lowest BCUT2D eigenvalue weighted by Crippen LogP contribution is -2.38. The predicted molar refractivity (Wildman–Crippen MR) is 91.0 cm³/mol. The molecular formula is C16H17Br2NO. The summed E-state index contributed by atoms with van der Waals surface area (Å²) in [6.45, 7) is 2.11. The first-order valence-corrected chi connectivity index (χ1v) is 8.09. The summed E-state index contributed by atoms with van der Waals surface area (Å²) in [4.78, 5) is 0. The van der Waals surface area contributed by atoms with Gasteiger partial charge in [0.1, 0.15) is 0 Å². The number of hydrogen-bond donors (Lipinski definition) is 2. The molecule has 0 saturated heterocycles. The zero-order chi connectivity index (χ0) is 14.6. The summed E-state index contributed by atoms with van der Waals surface area (Å²) in [5, 5.41) is 13.4. The minimum atomic E-state index is -0.482. The van der Waals surface area contributed by atoms with E-state index in [0.29, 0.717) is 0 Å². The number of rotatable bonds is 5. The molecule has 106 valence electrons. The fourth-order valence-corrected chi connectivity index (χ4v) is 2.84. The standard InChI is InChI=1S/C16H17Br2NO/c1-2-16(11-20,12-7-9-13(17)10-8-12)19-15-6-4-3-5-14(15)18/h3-10,19-20H,2,11H2,1H3. The molecule has 1 unspecified atom stereocenters. The SMILES string of the molecule is CCC(CO)(Nc1ccccc1Br)c1ccc(Br)cc1. The fourth-order valence-electron chi connectivity index (χ4n) is 2.20. The lowest BCUT2D eigenvalue weighted by Gasteiger charge is -2.34. The van der Waals surface area contributed by atoms with E-state index in [-0.39, 0.29) is 6.61 Å². The van der Waals surface area contributed by atoms with Gasteiger partial charge in [-0.25, -0.2) is 0 Å². The van der Waals surface area contributed by atoms with Crippen LogP contribution in [0, 0.1) is 0 Å². The molecule has 0 amide bonds. The van der Waals surface area contributed by atoms with Crippen LogP contribution in [0.2, 0.25) is 0 Å². The number of aliphatic hydroxyl groups is 1. The molecule has 2 aromatic carbocycles. The van der Waals surface area contributed by atoms with Gasteiger partial charge < -0.3 is 10.4 Å². The molecule has 0 saturated carbocycles. The summed E-state index contributed by atoms with van der Waals surface area (Å²) in [7, 11) is 0. The van der Waals surface area contributed by atoms with Crippen LogP contribution in [0.3, 0.4) is 0 Å². The van der Waals surface area contributed by atoms with Gasteiger partial charge in [0.05, 0.1) is 12.1 Å². The largest absolute Gasteiger partial charge is 0.394 e. The van der Waals surface area contributed by atoms with Gasteiger partial charge in [-0.2, -0.15) is 0 Å². The Kier molecular flexibility index (Phi) is 5.24. The second-order valence-corrected chi connectivity index (χ2v) is 6.48. The second-order valence-electron chi connectivity index (χ2n) is 4.71. The molecule has 0 fully saturated rings. The summed E-state index contributed by atoms with van der Waals surface area (Å²) < 4.78 is 2.02. The van der Waals surface area contributed by atoms with Gasteiger partial charge in [-0.1, -0.05) is 47.1 Å². The van der Waals surface area contributed by atoms with Crippen molar-refractivity contribution in [2.24, 2.45) is 0 Å². The number of aliphatic hydroxyl groups excluding tert-OH is 1. The molecule has 0 aromatic heterocycles. The van der Waals surface area contributed by atoms with Crippen molar-refractivity contribution in [2.75, 3.05) is 11.9 Å². The van der Waals surface area contributed by atoms with Crippen LogP contribution in [0.25, 0.3) is 0 Å². The van der Waals surface area contributed by atoms with E-state index in [1.807, 2.05) is 48.5 Å². The molecule has 2 N–H and O–H groups in total. The van der Waals surface area contributed by atoms with Crippen LogP contribution in [0.4, 0.5) is 5.69 Å². The molecular weight excluding hydrogens is 382 g/mol. The van der Waals surface area contributed by atoms with Gasteiger partial charge >= 0.3 is 0 Å². The van der Waals surface area contributed by atoms with Crippen molar-refractivity contribution >= 4 is 37.5 Å². The molecule has 20 heavy (non-hydrogen) atoms. The number of anilines is 1. The van der Waals surface area contributed by atoms with Crippen molar-refractivity contribution in [1.29, 1.82) is 0 Å². The Bertz CT molecular complexity index is 565. The number of nitrogens with one attached hydrogen (secondary N) is 1. The van der Waals surface area contributed by atoms with Crippen molar-refractivity contribution in [2.45, 2.75) is 18.9 Å². The molecule has 0 heterocycles. The molecule has 1 atom stereocenters. The Morgan fingerprint density at radius 1 is 1.05 bits per heavy atom. The van der Waals surface area contributed by atoms with Gasteiger partial charge in [0.25, 0.3) is 0 Å². The van der Waals surface area contributed by atoms with E-state index in [1.54, 1.807) is 0 Å². The highest BCUT2D eigenvalue weighted by molar-refractivity contribution is 9.10. The van der Waals surface area contributed by atoms with Crippen LogP contribution in [0.1, 0.15) is 18.9 Å². The molecule has 0 radical (unpaired) electrons. The third kappa shape index (κ3) is 3.25. The minimum Gasteiger partial charge on any atom is -0.394 e. The summed E-state index contributed by atoms with van der Waals surface area (Å²) in [5.41, 5.74) is 1.57. The first-order valence-electron chi connectivity index (χ1n) is 6.51.